The Morgan fingerprint density at radius 2 is 1.78 bits per heavy atom. The number of benzene rings is 1. The number of hydrogen-bond donors (Lipinski definition) is 1. The Morgan fingerprint density at radius 1 is 1.06 bits per heavy atom. The lowest BCUT2D eigenvalue weighted by molar-refractivity contribution is 0.231. The van der Waals surface area contributed by atoms with E-state index in [4.69, 9.17) is 9.52 Å². The average Bonchev–Trinajstić information content (AvgIpc) is 2.80. The molecule has 0 aliphatic carbocycles. The number of hydrogen-bond acceptors (Lipinski definition) is 3. The van der Waals surface area contributed by atoms with Crippen molar-refractivity contribution in [1.29, 1.82) is 0 Å². The molecule has 1 aromatic heterocycles. The van der Waals surface area contributed by atoms with Crippen LogP contribution < -0.4 is 0 Å². The molecule has 3 nitrogen and oxygen atoms in total. The predicted molar refractivity (Wildman–Crippen MR) is 71.0 cm³/mol. The van der Waals surface area contributed by atoms with Crippen molar-refractivity contribution in [3.05, 3.63) is 59.0 Å². The zero-order valence-electron chi connectivity index (χ0n) is 10.9. The fraction of sp³-hybridized carbons (Fsp3) is 0.333. The summed E-state index contributed by atoms with van der Waals surface area (Å²) in [4.78, 5) is 2.20. The summed E-state index contributed by atoms with van der Waals surface area (Å²) in [6, 6.07) is 12.1. The van der Waals surface area contributed by atoms with Crippen LogP contribution in [-0.4, -0.2) is 17.1 Å². The third kappa shape index (κ3) is 3.22. The quantitative estimate of drug-likeness (QED) is 0.880. The first kappa shape index (κ1) is 12.9. The fourth-order valence-electron chi connectivity index (χ4n) is 1.99. The Balaban J connectivity index is 1.96. The van der Waals surface area contributed by atoms with Crippen LogP contribution in [0, 0.1) is 6.92 Å². The maximum Gasteiger partial charge on any atom is 0.129 e. The third-order valence-corrected chi connectivity index (χ3v) is 3.00. The average molecular weight is 245 g/mol. The monoisotopic (exact) mass is 245 g/mol. The van der Waals surface area contributed by atoms with Crippen molar-refractivity contribution in [3.63, 3.8) is 0 Å². The zero-order valence-corrected chi connectivity index (χ0v) is 10.9. The van der Waals surface area contributed by atoms with Crippen LogP contribution in [0.2, 0.25) is 0 Å². The van der Waals surface area contributed by atoms with Gasteiger partial charge in [-0.15, -0.1) is 0 Å². The van der Waals surface area contributed by atoms with Gasteiger partial charge in [-0.3, -0.25) is 4.90 Å². The standard InChI is InChI=1S/C15H19NO2/c1-12-5-3-4-6-13(12)9-16(2)10-14-7-8-15(11-17)18-14/h3-8,17H,9-11H2,1-2H3. The summed E-state index contributed by atoms with van der Waals surface area (Å²) in [5.74, 6) is 1.50. The Morgan fingerprint density at radius 3 is 2.44 bits per heavy atom. The summed E-state index contributed by atoms with van der Waals surface area (Å²) in [6.07, 6.45) is 0. The molecule has 2 aromatic rings. The van der Waals surface area contributed by atoms with E-state index in [9.17, 15) is 0 Å². The van der Waals surface area contributed by atoms with Crippen molar-refractivity contribution in [3.8, 4) is 0 Å². The van der Waals surface area contributed by atoms with Gasteiger partial charge in [0.1, 0.15) is 18.1 Å². The molecule has 0 saturated carbocycles. The molecule has 0 aliphatic rings. The minimum Gasteiger partial charge on any atom is -0.462 e. The number of aliphatic hydroxyl groups is 1. The van der Waals surface area contributed by atoms with E-state index in [-0.39, 0.29) is 6.61 Å². The lowest BCUT2D eigenvalue weighted by Crippen LogP contribution is -2.17. The van der Waals surface area contributed by atoms with E-state index in [2.05, 4.69) is 43.1 Å². The third-order valence-electron chi connectivity index (χ3n) is 3.00. The van der Waals surface area contributed by atoms with Crippen LogP contribution >= 0.6 is 0 Å². The lowest BCUT2D eigenvalue weighted by atomic mass is 10.1. The Kier molecular flexibility index (Phi) is 4.18. The molecule has 0 bridgehead atoms. The van der Waals surface area contributed by atoms with Gasteiger partial charge in [-0.05, 0) is 37.2 Å². The van der Waals surface area contributed by atoms with Crippen LogP contribution in [0.4, 0.5) is 0 Å². The van der Waals surface area contributed by atoms with Crippen molar-refractivity contribution >= 4 is 0 Å². The summed E-state index contributed by atoms with van der Waals surface area (Å²) in [6.45, 7) is 3.72. The highest BCUT2D eigenvalue weighted by Crippen LogP contribution is 2.13. The van der Waals surface area contributed by atoms with Gasteiger partial charge in [-0.1, -0.05) is 24.3 Å². The van der Waals surface area contributed by atoms with Crippen LogP contribution in [0.15, 0.2) is 40.8 Å². The summed E-state index contributed by atoms with van der Waals surface area (Å²) in [7, 11) is 2.06. The van der Waals surface area contributed by atoms with E-state index in [0.717, 1.165) is 18.8 Å². The summed E-state index contributed by atoms with van der Waals surface area (Å²) >= 11 is 0. The number of furan rings is 1. The minimum atomic E-state index is -0.0402. The highest BCUT2D eigenvalue weighted by Gasteiger charge is 2.07. The van der Waals surface area contributed by atoms with Crippen molar-refractivity contribution < 1.29 is 9.52 Å². The Labute approximate surface area is 108 Å². The highest BCUT2D eigenvalue weighted by molar-refractivity contribution is 5.25. The lowest BCUT2D eigenvalue weighted by Gasteiger charge is -2.16. The van der Waals surface area contributed by atoms with E-state index in [0.29, 0.717) is 5.76 Å². The molecule has 0 unspecified atom stereocenters. The zero-order chi connectivity index (χ0) is 13.0. The van der Waals surface area contributed by atoms with Crippen molar-refractivity contribution in [2.24, 2.45) is 0 Å². The topological polar surface area (TPSA) is 36.6 Å². The molecule has 1 heterocycles. The van der Waals surface area contributed by atoms with Crippen molar-refractivity contribution in [2.45, 2.75) is 26.6 Å². The van der Waals surface area contributed by atoms with E-state index >= 15 is 0 Å². The van der Waals surface area contributed by atoms with Gasteiger partial charge in [-0.25, -0.2) is 0 Å². The molecule has 96 valence electrons. The summed E-state index contributed by atoms with van der Waals surface area (Å²) in [5.41, 5.74) is 2.63. The van der Waals surface area contributed by atoms with Gasteiger partial charge in [0.15, 0.2) is 0 Å². The molecule has 0 aliphatic heterocycles. The summed E-state index contributed by atoms with van der Waals surface area (Å²) in [5, 5.41) is 8.95. The first-order chi connectivity index (χ1) is 8.69. The second-order valence-electron chi connectivity index (χ2n) is 4.62. The molecule has 1 N–H and O–H groups in total. The Hall–Kier alpha value is -1.58. The van der Waals surface area contributed by atoms with Crippen molar-refractivity contribution in [1.82, 2.24) is 4.90 Å². The molecule has 18 heavy (non-hydrogen) atoms. The molecule has 0 fully saturated rings. The number of rotatable bonds is 5. The number of aryl methyl sites for hydroxylation is 1. The molecule has 0 spiro atoms. The van der Waals surface area contributed by atoms with Crippen LogP contribution in [0.25, 0.3) is 0 Å². The molecule has 3 heteroatoms. The first-order valence-electron chi connectivity index (χ1n) is 6.10. The molecule has 1 aromatic carbocycles. The van der Waals surface area contributed by atoms with E-state index in [1.807, 2.05) is 12.1 Å². The number of aliphatic hydroxyl groups excluding tert-OH is 1. The van der Waals surface area contributed by atoms with Crippen molar-refractivity contribution in [2.75, 3.05) is 7.05 Å². The molecule has 2 rings (SSSR count). The fourth-order valence-corrected chi connectivity index (χ4v) is 1.99. The van der Waals surface area contributed by atoms with Crippen LogP contribution in [-0.2, 0) is 19.7 Å². The van der Waals surface area contributed by atoms with Gasteiger partial charge in [0.05, 0.1) is 6.54 Å². The van der Waals surface area contributed by atoms with Gasteiger partial charge in [0, 0.05) is 6.54 Å². The molecule has 0 atom stereocenters. The molecule has 0 amide bonds. The van der Waals surface area contributed by atoms with Gasteiger partial charge >= 0.3 is 0 Å². The second-order valence-corrected chi connectivity index (χ2v) is 4.62. The van der Waals surface area contributed by atoms with Gasteiger partial charge in [0.25, 0.3) is 0 Å². The molecule has 0 radical (unpaired) electrons. The molecular formula is C15H19NO2. The second kappa shape index (κ2) is 5.85. The predicted octanol–water partition coefficient (Wildman–Crippen LogP) is 2.71. The van der Waals surface area contributed by atoms with Crippen LogP contribution in [0.1, 0.15) is 22.6 Å². The van der Waals surface area contributed by atoms with Crippen LogP contribution in [0.5, 0.6) is 0 Å². The Bertz CT molecular complexity index is 505. The van der Waals surface area contributed by atoms with Gasteiger partial charge < -0.3 is 9.52 Å². The number of nitrogens with zero attached hydrogens (tertiary/aromatic N) is 1. The SMILES string of the molecule is Cc1ccccc1CN(C)Cc1ccc(CO)o1. The molecule has 0 saturated heterocycles. The van der Waals surface area contributed by atoms with E-state index in [1.54, 1.807) is 0 Å². The normalized spacial score (nSPS) is 11.1. The minimum absolute atomic E-state index is 0.0402. The largest absolute Gasteiger partial charge is 0.462 e. The smallest absolute Gasteiger partial charge is 0.129 e. The van der Waals surface area contributed by atoms with Gasteiger partial charge in [0.2, 0.25) is 0 Å². The summed E-state index contributed by atoms with van der Waals surface area (Å²) < 4.78 is 5.48. The highest BCUT2D eigenvalue weighted by atomic mass is 16.4. The van der Waals surface area contributed by atoms with E-state index in [1.165, 1.54) is 11.1 Å². The first-order valence-corrected chi connectivity index (χ1v) is 6.10. The van der Waals surface area contributed by atoms with E-state index < -0.39 is 0 Å². The van der Waals surface area contributed by atoms with Crippen LogP contribution in [0.3, 0.4) is 0 Å². The maximum atomic E-state index is 8.95. The van der Waals surface area contributed by atoms with Gasteiger partial charge in [-0.2, -0.15) is 0 Å². The molecular weight excluding hydrogens is 226 g/mol. The maximum absolute atomic E-state index is 8.95.